The lowest BCUT2D eigenvalue weighted by atomic mass is 9.79. The minimum atomic E-state index is 0.388. The van der Waals surface area contributed by atoms with E-state index in [2.05, 4.69) is 71.3 Å². The zero-order valence-electron chi connectivity index (χ0n) is 22.4. The Bertz CT molecular complexity index is 1190. The Morgan fingerprint density at radius 2 is 1.65 bits per heavy atom. The number of piperidine rings is 2. The molecule has 4 aliphatic rings. The molecular formula is C34H42N2O. The second-order valence-corrected chi connectivity index (χ2v) is 11.7. The smallest absolute Gasteiger partial charge is 0.115 e. The fraction of sp³-hybridized carbons (Fsp3) is 0.471. The lowest BCUT2D eigenvalue weighted by Crippen LogP contribution is -2.48. The summed E-state index contributed by atoms with van der Waals surface area (Å²) in [5.41, 5.74) is 8.41. The van der Waals surface area contributed by atoms with Gasteiger partial charge in [-0.15, -0.1) is 0 Å². The molecule has 3 nitrogen and oxygen atoms in total. The zero-order valence-corrected chi connectivity index (χ0v) is 22.4. The summed E-state index contributed by atoms with van der Waals surface area (Å²) in [4.78, 5) is 5.31. The third kappa shape index (κ3) is 5.43. The second kappa shape index (κ2) is 10.9. The van der Waals surface area contributed by atoms with Crippen molar-refractivity contribution in [2.45, 2.75) is 76.8 Å². The number of hydrogen-bond acceptors (Lipinski definition) is 3. The van der Waals surface area contributed by atoms with Crippen molar-refractivity contribution >= 4 is 5.69 Å². The van der Waals surface area contributed by atoms with Gasteiger partial charge < -0.3 is 10.0 Å². The molecule has 0 unspecified atom stereocenters. The van der Waals surface area contributed by atoms with E-state index in [9.17, 15) is 5.11 Å². The van der Waals surface area contributed by atoms with Gasteiger partial charge in [-0.1, -0.05) is 48.5 Å². The molecule has 1 atom stereocenters. The molecule has 3 fully saturated rings. The van der Waals surface area contributed by atoms with Crippen LogP contribution in [0.25, 0.3) is 0 Å². The van der Waals surface area contributed by atoms with Gasteiger partial charge in [-0.2, -0.15) is 0 Å². The molecule has 2 bridgehead atoms. The fourth-order valence-corrected chi connectivity index (χ4v) is 7.25. The van der Waals surface area contributed by atoms with Gasteiger partial charge in [0.05, 0.1) is 0 Å². The Labute approximate surface area is 223 Å². The molecule has 1 N–H and O–H groups in total. The molecule has 0 radical (unpaired) electrons. The van der Waals surface area contributed by atoms with Gasteiger partial charge in [0.15, 0.2) is 0 Å². The molecule has 0 spiro atoms. The zero-order chi connectivity index (χ0) is 25.2. The fourth-order valence-electron chi connectivity index (χ4n) is 7.25. The molecule has 1 saturated carbocycles. The Hall–Kier alpha value is -2.78. The molecule has 7 rings (SSSR count). The van der Waals surface area contributed by atoms with Crippen molar-refractivity contribution in [1.29, 1.82) is 0 Å². The molecule has 3 aromatic carbocycles. The van der Waals surface area contributed by atoms with Crippen molar-refractivity contribution in [3.05, 3.63) is 94.5 Å². The van der Waals surface area contributed by atoms with Crippen LogP contribution in [0.3, 0.4) is 0 Å². The average Bonchev–Trinajstić information content (AvgIpc) is 2.96. The first-order valence-corrected chi connectivity index (χ1v) is 14.6. The highest BCUT2D eigenvalue weighted by Gasteiger charge is 2.33. The first-order valence-electron chi connectivity index (χ1n) is 14.6. The first kappa shape index (κ1) is 24.6. The lowest BCUT2D eigenvalue weighted by Gasteiger charge is -2.45. The van der Waals surface area contributed by atoms with Crippen molar-refractivity contribution in [1.82, 2.24) is 4.90 Å². The predicted octanol–water partition coefficient (Wildman–Crippen LogP) is 7.11. The van der Waals surface area contributed by atoms with Gasteiger partial charge in [0, 0.05) is 37.9 Å². The molecule has 194 valence electrons. The normalized spacial score (nSPS) is 23.1. The average molecular weight is 495 g/mol. The van der Waals surface area contributed by atoms with Crippen LogP contribution >= 0.6 is 0 Å². The Balaban J connectivity index is 1.11. The number of nitrogens with zero attached hydrogens (tertiary/aromatic N) is 2. The molecule has 0 aromatic heterocycles. The third-order valence-electron chi connectivity index (χ3n) is 9.43. The van der Waals surface area contributed by atoms with Gasteiger partial charge in [-0.25, -0.2) is 0 Å². The summed E-state index contributed by atoms with van der Waals surface area (Å²) in [6.45, 7) is 6.77. The summed E-state index contributed by atoms with van der Waals surface area (Å²) < 4.78 is 0. The Morgan fingerprint density at radius 1 is 0.865 bits per heavy atom. The number of hydrogen-bond donors (Lipinski definition) is 1. The Morgan fingerprint density at radius 3 is 2.41 bits per heavy atom. The van der Waals surface area contributed by atoms with E-state index >= 15 is 0 Å². The number of fused-ring (bicyclic) bond motifs is 4. The van der Waals surface area contributed by atoms with E-state index in [-0.39, 0.29) is 0 Å². The summed E-state index contributed by atoms with van der Waals surface area (Å²) >= 11 is 0. The van der Waals surface area contributed by atoms with Crippen LogP contribution in [-0.4, -0.2) is 35.7 Å². The molecule has 37 heavy (non-hydrogen) atoms. The molecule has 3 heteroatoms. The number of anilines is 1. The molecule has 2 heterocycles. The SMILES string of the molecule is CCN(Cc1ccc(CCN2CC3CCC2CC3)cc1)c1ccccc1[C@@H]1CCc2cc(O)ccc2C1. The second-order valence-electron chi connectivity index (χ2n) is 11.7. The Kier molecular flexibility index (Phi) is 7.24. The predicted molar refractivity (Wildman–Crippen MR) is 154 cm³/mol. The number of benzene rings is 3. The number of phenols is 1. The monoisotopic (exact) mass is 494 g/mol. The molecular weight excluding hydrogens is 452 g/mol. The van der Waals surface area contributed by atoms with Crippen molar-refractivity contribution in [3.8, 4) is 5.75 Å². The van der Waals surface area contributed by atoms with E-state index in [1.165, 1.54) is 78.7 Å². The standard InChI is InChI=1S/C34H42N2O/c1-2-35(23-26-9-7-25(8-10-26)19-20-36-24-27-11-16-31(36)17-12-27)34-6-4-3-5-33(34)30-14-13-29-22-32(37)18-15-28(29)21-30/h3-10,15,18,22,27,30-31,37H,2,11-14,16-17,19-21,23-24H2,1H3/t27?,30-,31?/m1/s1. The van der Waals surface area contributed by atoms with Crippen LogP contribution in [0, 0.1) is 5.92 Å². The summed E-state index contributed by atoms with van der Waals surface area (Å²) in [5, 5.41) is 9.88. The maximum Gasteiger partial charge on any atom is 0.115 e. The van der Waals surface area contributed by atoms with Gasteiger partial charge in [0.1, 0.15) is 5.75 Å². The van der Waals surface area contributed by atoms with E-state index in [0.29, 0.717) is 11.7 Å². The number of aryl methyl sites for hydroxylation is 1. The van der Waals surface area contributed by atoms with Gasteiger partial charge >= 0.3 is 0 Å². The van der Waals surface area contributed by atoms with Gasteiger partial charge in [0.25, 0.3) is 0 Å². The van der Waals surface area contributed by atoms with Crippen LogP contribution in [0.1, 0.15) is 72.8 Å². The van der Waals surface area contributed by atoms with E-state index in [1.807, 2.05) is 12.1 Å². The van der Waals surface area contributed by atoms with Gasteiger partial charge in [0.2, 0.25) is 0 Å². The summed E-state index contributed by atoms with van der Waals surface area (Å²) in [7, 11) is 0. The van der Waals surface area contributed by atoms with Crippen molar-refractivity contribution < 1.29 is 5.11 Å². The van der Waals surface area contributed by atoms with Crippen LogP contribution < -0.4 is 4.90 Å². The summed E-state index contributed by atoms with van der Waals surface area (Å²) in [5.74, 6) is 1.88. The van der Waals surface area contributed by atoms with Crippen molar-refractivity contribution in [2.24, 2.45) is 5.92 Å². The van der Waals surface area contributed by atoms with Crippen molar-refractivity contribution in [2.75, 3.05) is 24.5 Å². The van der Waals surface area contributed by atoms with Crippen LogP contribution in [0.2, 0.25) is 0 Å². The molecule has 2 saturated heterocycles. The quantitative estimate of drug-likeness (QED) is 0.361. The largest absolute Gasteiger partial charge is 0.508 e. The minimum Gasteiger partial charge on any atom is -0.508 e. The van der Waals surface area contributed by atoms with Crippen molar-refractivity contribution in [3.63, 3.8) is 0 Å². The van der Waals surface area contributed by atoms with Gasteiger partial charge in [-0.3, -0.25) is 4.90 Å². The number of aromatic hydroxyl groups is 1. The third-order valence-corrected chi connectivity index (χ3v) is 9.43. The van der Waals surface area contributed by atoms with Crippen LogP contribution in [0.15, 0.2) is 66.7 Å². The van der Waals surface area contributed by atoms with Gasteiger partial charge in [-0.05, 0) is 116 Å². The highest BCUT2D eigenvalue weighted by molar-refractivity contribution is 5.56. The maximum absolute atomic E-state index is 9.88. The molecule has 2 aliphatic heterocycles. The molecule has 0 amide bonds. The van der Waals surface area contributed by atoms with Crippen LogP contribution in [0.4, 0.5) is 5.69 Å². The van der Waals surface area contributed by atoms with E-state index < -0.39 is 0 Å². The highest BCUT2D eigenvalue weighted by Crippen LogP contribution is 2.39. The molecule has 3 aromatic rings. The van der Waals surface area contributed by atoms with E-state index in [4.69, 9.17) is 0 Å². The lowest BCUT2D eigenvalue weighted by molar-refractivity contribution is 0.0501. The topological polar surface area (TPSA) is 26.7 Å². The van der Waals surface area contributed by atoms with E-state index in [0.717, 1.165) is 44.3 Å². The molecule has 2 aliphatic carbocycles. The van der Waals surface area contributed by atoms with Crippen LogP contribution in [-0.2, 0) is 25.8 Å². The number of para-hydroxylation sites is 1. The number of rotatable bonds is 8. The minimum absolute atomic E-state index is 0.388. The maximum atomic E-state index is 9.88. The number of phenolic OH excluding ortho intramolecular Hbond substituents is 1. The summed E-state index contributed by atoms with van der Waals surface area (Å²) in [6, 6.07) is 25.2. The first-order chi connectivity index (χ1) is 18.2. The summed E-state index contributed by atoms with van der Waals surface area (Å²) in [6.07, 6.45) is 10.2. The highest BCUT2D eigenvalue weighted by atomic mass is 16.3. The van der Waals surface area contributed by atoms with Crippen LogP contribution in [0.5, 0.6) is 5.75 Å². The van der Waals surface area contributed by atoms with E-state index in [1.54, 1.807) is 0 Å².